The van der Waals surface area contributed by atoms with Crippen LogP contribution in [0, 0.1) is 0 Å². The van der Waals surface area contributed by atoms with E-state index < -0.39 is 0 Å². The molecule has 0 spiro atoms. The predicted octanol–water partition coefficient (Wildman–Crippen LogP) is 4.43. The Bertz CT molecular complexity index is 700. The van der Waals surface area contributed by atoms with Crippen LogP contribution in [0.2, 0.25) is 0 Å². The second-order valence-corrected chi connectivity index (χ2v) is 5.31. The van der Waals surface area contributed by atoms with Crippen molar-refractivity contribution < 1.29 is 4.74 Å². The molecule has 0 saturated carbocycles. The average Bonchev–Trinajstić information content (AvgIpc) is 3.01. The SMILES string of the molecule is C=C(C)/C(=N\NCCC)c1nc2ccc(OC)cc2[nH]1.C=CCC. The lowest BCUT2D eigenvalue weighted by molar-refractivity contribution is 0.415. The number of hydrogen-bond acceptors (Lipinski definition) is 4. The molecule has 1 aromatic carbocycles. The lowest BCUT2D eigenvalue weighted by Gasteiger charge is -2.03. The maximum absolute atomic E-state index is 5.21. The van der Waals surface area contributed by atoms with E-state index in [2.05, 4.69) is 47.5 Å². The fourth-order valence-electron chi connectivity index (χ4n) is 1.83. The summed E-state index contributed by atoms with van der Waals surface area (Å²) in [5.74, 6) is 1.51. The van der Waals surface area contributed by atoms with Gasteiger partial charge in [0.15, 0.2) is 5.82 Å². The Morgan fingerprint density at radius 2 is 2.12 bits per heavy atom. The van der Waals surface area contributed by atoms with Gasteiger partial charge in [-0.2, -0.15) is 5.10 Å². The summed E-state index contributed by atoms with van der Waals surface area (Å²) in [5.41, 5.74) is 6.43. The minimum atomic E-state index is 0.712. The molecule has 2 aromatic rings. The number of imidazole rings is 1. The minimum Gasteiger partial charge on any atom is -0.497 e. The van der Waals surface area contributed by atoms with Gasteiger partial charge < -0.3 is 15.1 Å². The fraction of sp³-hybridized carbons (Fsp3) is 0.368. The van der Waals surface area contributed by atoms with Crippen LogP contribution in [-0.2, 0) is 0 Å². The molecule has 0 saturated heterocycles. The molecule has 0 radical (unpaired) electrons. The smallest absolute Gasteiger partial charge is 0.159 e. The van der Waals surface area contributed by atoms with Gasteiger partial charge in [0.2, 0.25) is 0 Å². The van der Waals surface area contributed by atoms with Gasteiger partial charge in [0.1, 0.15) is 11.5 Å². The Balaban J connectivity index is 0.000000648. The highest BCUT2D eigenvalue weighted by Gasteiger charge is 2.11. The molecule has 0 aliphatic rings. The lowest BCUT2D eigenvalue weighted by atomic mass is 10.2. The predicted molar refractivity (Wildman–Crippen MR) is 103 cm³/mol. The van der Waals surface area contributed by atoms with E-state index in [0.717, 1.165) is 47.5 Å². The van der Waals surface area contributed by atoms with Crippen molar-refractivity contribution in [3.8, 4) is 5.75 Å². The van der Waals surface area contributed by atoms with E-state index in [4.69, 9.17) is 4.74 Å². The maximum atomic E-state index is 5.21. The highest BCUT2D eigenvalue weighted by molar-refractivity contribution is 6.10. The van der Waals surface area contributed by atoms with Crippen LogP contribution in [-0.4, -0.2) is 29.3 Å². The molecule has 5 nitrogen and oxygen atoms in total. The summed E-state index contributed by atoms with van der Waals surface area (Å²) < 4.78 is 5.21. The first-order valence-corrected chi connectivity index (χ1v) is 8.18. The first-order chi connectivity index (χ1) is 11.6. The number of rotatable bonds is 7. The highest BCUT2D eigenvalue weighted by Crippen LogP contribution is 2.19. The first-order valence-electron chi connectivity index (χ1n) is 8.18. The molecule has 0 fully saturated rings. The summed E-state index contributed by atoms with van der Waals surface area (Å²) in [5, 5.41) is 4.36. The topological polar surface area (TPSA) is 62.3 Å². The average molecular weight is 328 g/mol. The van der Waals surface area contributed by atoms with Crippen molar-refractivity contribution in [3.63, 3.8) is 0 Å². The molecular formula is C19H28N4O. The number of aromatic amines is 1. The van der Waals surface area contributed by atoms with Crippen molar-refractivity contribution >= 4 is 16.7 Å². The van der Waals surface area contributed by atoms with Gasteiger partial charge in [-0.05, 0) is 37.5 Å². The molecule has 0 aliphatic heterocycles. The second-order valence-electron chi connectivity index (χ2n) is 5.31. The van der Waals surface area contributed by atoms with Gasteiger partial charge in [0, 0.05) is 12.6 Å². The summed E-state index contributed by atoms with van der Waals surface area (Å²) in [6.45, 7) is 14.3. The third-order valence-corrected chi connectivity index (χ3v) is 3.16. The molecule has 2 rings (SSSR count). The zero-order valence-corrected chi connectivity index (χ0v) is 15.1. The van der Waals surface area contributed by atoms with Crippen molar-refractivity contribution in [1.29, 1.82) is 0 Å². The molecule has 0 amide bonds. The van der Waals surface area contributed by atoms with Gasteiger partial charge in [-0.15, -0.1) is 6.58 Å². The number of hydrazone groups is 1. The Morgan fingerprint density at radius 1 is 1.42 bits per heavy atom. The number of aromatic nitrogens is 2. The van der Waals surface area contributed by atoms with Crippen LogP contribution in [0.4, 0.5) is 0 Å². The minimum absolute atomic E-state index is 0.712. The van der Waals surface area contributed by atoms with Crippen molar-refractivity contribution in [2.75, 3.05) is 13.7 Å². The van der Waals surface area contributed by atoms with Crippen LogP contribution in [0.5, 0.6) is 5.75 Å². The van der Waals surface area contributed by atoms with Gasteiger partial charge in [-0.25, -0.2) is 4.98 Å². The van der Waals surface area contributed by atoms with Gasteiger partial charge in [0.25, 0.3) is 0 Å². The Hall–Kier alpha value is -2.56. The molecule has 0 bridgehead atoms. The number of hydrogen-bond donors (Lipinski definition) is 2. The fourth-order valence-corrected chi connectivity index (χ4v) is 1.83. The third-order valence-electron chi connectivity index (χ3n) is 3.16. The number of fused-ring (bicyclic) bond motifs is 1. The Kier molecular flexibility index (Phi) is 8.33. The van der Waals surface area contributed by atoms with Gasteiger partial charge >= 0.3 is 0 Å². The van der Waals surface area contributed by atoms with Gasteiger partial charge in [-0.1, -0.05) is 26.5 Å². The summed E-state index contributed by atoms with van der Waals surface area (Å²) in [7, 11) is 1.65. The van der Waals surface area contributed by atoms with Gasteiger partial charge in [0.05, 0.1) is 18.1 Å². The number of benzene rings is 1. The monoisotopic (exact) mass is 328 g/mol. The summed E-state index contributed by atoms with van der Waals surface area (Å²) in [6, 6.07) is 5.73. The van der Waals surface area contributed by atoms with Crippen LogP contribution < -0.4 is 10.2 Å². The molecule has 2 N–H and O–H groups in total. The Labute approximate surface area is 144 Å². The molecule has 1 aromatic heterocycles. The molecule has 0 atom stereocenters. The molecule has 1 heterocycles. The maximum Gasteiger partial charge on any atom is 0.159 e. The second kappa shape index (κ2) is 10.3. The van der Waals surface area contributed by atoms with E-state index in [-0.39, 0.29) is 0 Å². The van der Waals surface area contributed by atoms with E-state index in [9.17, 15) is 0 Å². The molecule has 0 unspecified atom stereocenters. The highest BCUT2D eigenvalue weighted by atomic mass is 16.5. The van der Waals surface area contributed by atoms with Crippen molar-refractivity contribution in [3.05, 3.63) is 48.8 Å². The van der Waals surface area contributed by atoms with Crippen molar-refractivity contribution in [1.82, 2.24) is 15.4 Å². The van der Waals surface area contributed by atoms with E-state index in [1.165, 1.54) is 0 Å². The molecule has 130 valence electrons. The van der Waals surface area contributed by atoms with Crippen molar-refractivity contribution in [2.24, 2.45) is 5.10 Å². The number of nitrogens with one attached hydrogen (secondary N) is 2. The van der Waals surface area contributed by atoms with E-state index in [0.29, 0.717) is 5.82 Å². The Morgan fingerprint density at radius 3 is 2.67 bits per heavy atom. The van der Waals surface area contributed by atoms with E-state index in [1.54, 1.807) is 7.11 Å². The number of allylic oxidation sites excluding steroid dienone is 2. The standard InChI is InChI=1S/C15H20N4O.C4H8/c1-5-8-16-19-14(10(2)3)15-17-12-7-6-11(20-4)9-13(12)18-15;1-3-4-2/h6-7,9,16H,2,5,8H2,1,3-4H3,(H,17,18);3H,1,4H2,2H3/b19-14+;. The molecule has 5 heteroatoms. The number of methoxy groups -OCH3 is 1. The quantitative estimate of drug-likeness (QED) is 0.342. The largest absolute Gasteiger partial charge is 0.497 e. The van der Waals surface area contributed by atoms with Crippen molar-refractivity contribution in [2.45, 2.75) is 33.6 Å². The van der Waals surface area contributed by atoms with Gasteiger partial charge in [-0.3, -0.25) is 0 Å². The first kappa shape index (κ1) is 19.5. The van der Waals surface area contributed by atoms with Crippen LogP contribution in [0.1, 0.15) is 39.4 Å². The normalized spacial score (nSPS) is 10.8. The summed E-state index contributed by atoms with van der Waals surface area (Å²) in [4.78, 5) is 7.80. The van der Waals surface area contributed by atoms with Crippen LogP contribution in [0.15, 0.2) is 48.1 Å². The number of ether oxygens (including phenoxy) is 1. The van der Waals surface area contributed by atoms with E-state index >= 15 is 0 Å². The number of nitrogens with zero attached hydrogens (tertiary/aromatic N) is 2. The summed E-state index contributed by atoms with van der Waals surface area (Å²) in [6.07, 6.45) is 3.98. The third kappa shape index (κ3) is 5.57. The van der Waals surface area contributed by atoms with Crippen LogP contribution in [0.25, 0.3) is 11.0 Å². The van der Waals surface area contributed by atoms with E-state index in [1.807, 2.05) is 31.2 Å². The zero-order chi connectivity index (χ0) is 17.9. The molecular weight excluding hydrogens is 300 g/mol. The van der Waals surface area contributed by atoms with Crippen LogP contribution >= 0.6 is 0 Å². The summed E-state index contributed by atoms with van der Waals surface area (Å²) >= 11 is 0. The number of H-pyrrole nitrogens is 1. The zero-order valence-electron chi connectivity index (χ0n) is 15.1. The molecule has 0 aliphatic carbocycles. The lowest BCUT2D eigenvalue weighted by Crippen LogP contribution is -2.14. The molecule has 24 heavy (non-hydrogen) atoms. The van der Waals surface area contributed by atoms with Crippen LogP contribution in [0.3, 0.4) is 0 Å².